The molecular formula is C54H101N7. The third-order valence-corrected chi connectivity index (χ3v) is 8.98. The number of hydrogen-bond acceptors (Lipinski definition) is 7. The van der Waals surface area contributed by atoms with E-state index in [1.165, 1.54) is 11.1 Å². The van der Waals surface area contributed by atoms with E-state index in [1.54, 1.807) is 0 Å². The van der Waals surface area contributed by atoms with Crippen molar-refractivity contribution >= 4 is 0 Å². The van der Waals surface area contributed by atoms with E-state index in [-0.39, 0.29) is 80.5 Å². The molecule has 0 bridgehead atoms. The van der Waals surface area contributed by atoms with Gasteiger partial charge in [-0.15, -0.1) is 0 Å². The van der Waals surface area contributed by atoms with Crippen LogP contribution in [0.2, 0.25) is 0 Å². The van der Waals surface area contributed by atoms with Gasteiger partial charge in [-0.3, -0.25) is 15.0 Å². The fourth-order valence-corrected chi connectivity index (χ4v) is 4.62. The van der Waals surface area contributed by atoms with Crippen molar-refractivity contribution in [2.24, 2.45) is 0 Å². The van der Waals surface area contributed by atoms with E-state index < -0.39 is 0 Å². The van der Waals surface area contributed by atoms with Crippen LogP contribution in [0.5, 0.6) is 0 Å². The number of pyridine rings is 1. The summed E-state index contributed by atoms with van der Waals surface area (Å²) < 4.78 is 0. The summed E-state index contributed by atoms with van der Waals surface area (Å²) in [5, 5.41) is 8.53. The molecule has 0 radical (unpaired) electrons. The molecular weight excluding hydrogens is 747 g/mol. The summed E-state index contributed by atoms with van der Waals surface area (Å²) in [6.45, 7) is 51.8. The van der Waals surface area contributed by atoms with Crippen molar-refractivity contribution in [2.75, 3.05) is 0 Å². The van der Waals surface area contributed by atoms with Crippen LogP contribution in [0.1, 0.15) is 249 Å². The van der Waals surface area contributed by atoms with E-state index in [1.807, 2.05) is 31.0 Å². The normalized spacial score (nSPS) is 11.9. The van der Waals surface area contributed by atoms with Crippen molar-refractivity contribution in [2.45, 2.75) is 247 Å². The molecule has 4 rings (SSSR count). The lowest BCUT2D eigenvalue weighted by molar-refractivity contribution is 0.527. The second-order valence-corrected chi connectivity index (χ2v) is 23.3. The Hall–Kier alpha value is -3.61. The minimum atomic E-state index is 0. The second kappa shape index (κ2) is 24.3. The smallest absolute Gasteiger partial charge is 0.133 e. The van der Waals surface area contributed by atoms with Gasteiger partial charge in [0, 0.05) is 69.2 Å². The van der Waals surface area contributed by atoms with E-state index in [0.29, 0.717) is 0 Å². The topological polar surface area (TPSA) is 90.2 Å². The highest BCUT2D eigenvalue weighted by Crippen LogP contribution is 2.27. The molecule has 0 fully saturated rings. The van der Waals surface area contributed by atoms with Gasteiger partial charge in [0.05, 0.1) is 22.8 Å². The van der Waals surface area contributed by atoms with Gasteiger partial charge in [0.15, 0.2) is 0 Å². The first kappa shape index (κ1) is 66.5. The summed E-state index contributed by atoms with van der Waals surface area (Å²) in [5.74, 6) is 0.908. The first-order chi connectivity index (χ1) is 24.8. The minimum Gasteiger partial charge on any atom is -0.260 e. The summed E-state index contributed by atoms with van der Waals surface area (Å²) in [7, 11) is 0. The summed E-state index contributed by atoms with van der Waals surface area (Å²) in [5.41, 5.74) is 8.69. The molecule has 61 heavy (non-hydrogen) atoms. The molecule has 0 saturated heterocycles. The van der Waals surface area contributed by atoms with Gasteiger partial charge in [-0.05, 0) is 40.2 Å². The largest absolute Gasteiger partial charge is 0.260 e. The zero-order valence-electron chi connectivity index (χ0n) is 40.3. The van der Waals surface area contributed by atoms with Gasteiger partial charge < -0.3 is 0 Å². The maximum absolute atomic E-state index is 4.52. The molecule has 4 heterocycles. The van der Waals surface area contributed by atoms with Gasteiger partial charge in [0.25, 0.3) is 0 Å². The van der Waals surface area contributed by atoms with Crippen LogP contribution < -0.4 is 0 Å². The van der Waals surface area contributed by atoms with E-state index in [9.17, 15) is 0 Å². The van der Waals surface area contributed by atoms with Gasteiger partial charge >= 0.3 is 0 Å². The number of hydrogen-bond donors (Lipinski definition) is 0. The molecule has 0 aliphatic heterocycles. The van der Waals surface area contributed by atoms with E-state index >= 15 is 0 Å². The molecule has 0 N–H and O–H groups in total. The van der Waals surface area contributed by atoms with Crippen molar-refractivity contribution in [1.29, 1.82) is 0 Å². The monoisotopic (exact) mass is 848 g/mol. The van der Waals surface area contributed by atoms with Crippen LogP contribution in [0.4, 0.5) is 0 Å². The first-order valence-corrected chi connectivity index (χ1v) is 20.3. The Kier molecular flexibility index (Phi) is 26.5. The van der Waals surface area contributed by atoms with Crippen molar-refractivity contribution in [3.8, 4) is 0 Å². The zero-order valence-corrected chi connectivity index (χ0v) is 40.3. The lowest BCUT2D eigenvalue weighted by Crippen LogP contribution is -2.18. The Labute approximate surface area is 381 Å². The van der Waals surface area contributed by atoms with Gasteiger partial charge in [0.2, 0.25) is 0 Å². The molecule has 0 aliphatic rings. The van der Waals surface area contributed by atoms with Crippen molar-refractivity contribution in [1.82, 2.24) is 35.1 Å². The minimum absolute atomic E-state index is 0. The fraction of sp³-hybridized carbons (Fsp3) is 0.685. The van der Waals surface area contributed by atoms with E-state index in [2.05, 4.69) is 226 Å². The second-order valence-electron chi connectivity index (χ2n) is 23.3. The van der Waals surface area contributed by atoms with Crippen LogP contribution >= 0.6 is 0 Å². The summed E-state index contributed by atoms with van der Waals surface area (Å²) in [6.07, 6.45) is 9.66. The summed E-state index contributed by atoms with van der Waals surface area (Å²) in [4.78, 5) is 22.2. The molecule has 7 heteroatoms. The third kappa shape index (κ3) is 23.4. The average molecular weight is 848 g/mol. The van der Waals surface area contributed by atoms with Gasteiger partial charge in [-0.25, -0.2) is 9.97 Å². The van der Waals surface area contributed by atoms with Gasteiger partial charge in [0.1, 0.15) is 5.82 Å². The molecule has 352 valence electrons. The standard InChI is InChI=1S/C13H21N.3C12H20N2.5CH4/c1-12(2,3)10-7-8-11(14-9-10)13(4,5)6;1-11(2,3)9-7-14-10(8-13-9)12(4,5)6;1-11(2,3)9-7-13-10(14-8-9)12(4,5)6;1-11(2,3)9-7-8-10(14-13-9)12(4,5)6;;;;;/h7-9H,1-6H3;3*7-8H,1-6H3;5*1H4. The lowest BCUT2D eigenvalue weighted by Gasteiger charge is -2.22. The SMILES string of the molecule is C.C.C.C.C.CC(C)(C)c1ccc(C(C)(C)C)nc1.CC(C)(C)c1ccc(C(C)(C)C)nn1.CC(C)(C)c1cnc(C(C)(C)C)cn1.CC(C)(C)c1cnc(C(C)(C)C)nc1. The molecule has 0 spiro atoms. The van der Waals surface area contributed by atoms with Crippen LogP contribution in [0.3, 0.4) is 0 Å². The van der Waals surface area contributed by atoms with Crippen LogP contribution in [-0.4, -0.2) is 35.1 Å². The Morgan fingerprint density at radius 2 is 0.508 bits per heavy atom. The number of rotatable bonds is 0. The summed E-state index contributed by atoms with van der Waals surface area (Å²) in [6, 6.07) is 8.48. The Balaban J connectivity index is -0.000000222. The molecule has 0 aliphatic carbocycles. The van der Waals surface area contributed by atoms with Gasteiger partial charge in [-0.1, -0.05) is 209 Å². The number of aromatic nitrogens is 7. The third-order valence-electron chi connectivity index (χ3n) is 8.98. The molecule has 0 amide bonds. The molecule has 4 aromatic heterocycles. The van der Waals surface area contributed by atoms with Crippen molar-refractivity contribution in [3.05, 3.63) is 101 Å². The predicted octanol–water partition coefficient (Wildman–Crippen LogP) is 16.1. The first-order valence-electron chi connectivity index (χ1n) is 20.3. The lowest BCUT2D eigenvalue weighted by atomic mass is 9.86. The fourth-order valence-electron chi connectivity index (χ4n) is 4.62. The maximum atomic E-state index is 4.52. The quantitative estimate of drug-likeness (QED) is 0.174. The predicted molar refractivity (Wildman–Crippen MR) is 274 cm³/mol. The van der Waals surface area contributed by atoms with Crippen molar-refractivity contribution < 1.29 is 0 Å². The Morgan fingerprint density at radius 1 is 0.246 bits per heavy atom. The van der Waals surface area contributed by atoms with E-state index in [4.69, 9.17) is 0 Å². The zero-order chi connectivity index (χ0) is 43.9. The van der Waals surface area contributed by atoms with Gasteiger partial charge in [-0.2, -0.15) is 10.2 Å². The van der Waals surface area contributed by atoms with Crippen LogP contribution in [-0.2, 0) is 43.3 Å². The Bertz CT molecular complexity index is 1330. The average Bonchev–Trinajstić information content (AvgIpc) is 3.03. The highest BCUT2D eigenvalue weighted by molar-refractivity contribution is 5.24. The molecule has 0 saturated carbocycles. The van der Waals surface area contributed by atoms with Crippen LogP contribution in [0.25, 0.3) is 0 Å². The van der Waals surface area contributed by atoms with Crippen molar-refractivity contribution in [3.63, 3.8) is 0 Å². The Morgan fingerprint density at radius 3 is 0.705 bits per heavy atom. The van der Waals surface area contributed by atoms with Crippen LogP contribution in [0.15, 0.2) is 55.2 Å². The highest BCUT2D eigenvalue weighted by Gasteiger charge is 2.22. The number of nitrogens with zero attached hydrogens (tertiary/aromatic N) is 7. The molecule has 0 aromatic carbocycles. The molecule has 4 aromatic rings. The van der Waals surface area contributed by atoms with E-state index in [0.717, 1.165) is 34.3 Å². The maximum Gasteiger partial charge on any atom is 0.133 e. The van der Waals surface area contributed by atoms with Crippen LogP contribution in [0, 0.1) is 0 Å². The summed E-state index contributed by atoms with van der Waals surface area (Å²) >= 11 is 0. The molecule has 0 unspecified atom stereocenters. The molecule has 0 atom stereocenters. The highest BCUT2D eigenvalue weighted by atomic mass is 15.1. The molecule has 7 nitrogen and oxygen atoms in total.